The van der Waals surface area contributed by atoms with Gasteiger partial charge < -0.3 is 4.57 Å². The summed E-state index contributed by atoms with van der Waals surface area (Å²) in [5, 5.41) is 2.18. The van der Waals surface area contributed by atoms with Crippen LogP contribution in [0.2, 0.25) is 0 Å². The molecule has 0 aliphatic carbocycles. The highest BCUT2D eigenvalue weighted by molar-refractivity contribution is 7.20. The molecule has 0 radical (unpaired) electrons. The third-order valence-electron chi connectivity index (χ3n) is 3.77. The number of para-hydroxylation sites is 1. The topological polar surface area (TPSA) is 63.1 Å². The van der Waals surface area contributed by atoms with Crippen LogP contribution in [0.3, 0.4) is 0 Å². The number of fused-ring (bicyclic) bond motifs is 3. The van der Waals surface area contributed by atoms with Gasteiger partial charge in [0.15, 0.2) is 0 Å². The lowest BCUT2D eigenvalue weighted by molar-refractivity contribution is -0.129. The lowest BCUT2D eigenvalue weighted by Crippen LogP contribution is -2.46. The van der Waals surface area contributed by atoms with E-state index < -0.39 is 5.41 Å². The van der Waals surface area contributed by atoms with Gasteiger partial charge in [0.05, 0.1) is 4.88 Å². The summed E-state index contributed by atoms with van der Waals surface area (Å²) in [5.41, 5.74) is 5.55. The Kier molecular flexibility index (Phi) is 3.64. The molecule has 2 heterocycles. The van der Waals surface area contributed by atoms with Gasteiger partial charge in [-0.3, -0.25) is 20.4 Å². The summed E-state index contributed by atoms with van der Waals surface area (Å²) in [6.45, 7) is 5.38. The molecule has 6 heteroatoms. The molecule has 23 heavy (non-hydrogen) atoms. The van der Waals surface area contributed by atoms with Gasteiger partial charge in [0.2, 0.25) is 5.91 Å². The molecule has 2 N–H and O–H groups in total. The maximum absolute atomic E-state index is 12.3. The SMILES string of the molecule is Cn1c2ccccc2c2cc(C(=O)NNC(=O)C(C)(C)C)sc21. The molecule has 3 aromatic rings. The van der Waals surface area contributed by atoms with Crippen LogP contribution in [0.5, 0.6) is 0 Å². The minimum Gasteiger partial charge on any atom is -0.335 e. The molecule has 0 saturated carbocycles. The van der Waals surface area contributed by atoms with Crippen LogP contribution in [0.1, 0.15) is 30.4 Å². The number of nitrogens with zero attached hydrogens (tertiary/aromatic N) is 1. The van der Waals surface area contributed by atoms with E-state index in [9.17, 15) is 9.59 Å². The molecule has 0 aliphatic rings. The lowest BCUT2D eigenvalue weighted by Gasteiger charge is -2.17. The van der Waals surface area contributed by atoms with Crippen molar-refractivity contribution in [1.82, 2.24) is 15.4 Å². The van der Waals surface area contributed by atoms with Gasteiger partial charge in [-0.05, 0) is 12.1 Å². The Morgan fingerprint density at radius 2 is 1.78 bits per heavy atom. The second kappa shape index (κ2) is 5.38. The van der Waals surface area contributed by atoms with E-state index in [0.717, 1.165) is 21.1 Å². The molecule has 2 aromatic heterocycles. The third kappa shape index (κ3) is 2.70. The molecule has 0 unspecified atom stereocenters. The van der Waals surface area contributed by atoms with Gasteiger partial charge in [-0.25, -0.2) is 0 Å². The fourth-order valence-corrected chi connectivity index (χ4v) is 3.44. The summed E-state index contributed by atoms with van der Waals surface area (Å²) in [5.74, 6) is -0.523. The van der Waals surface area contributed by atoms with Gasteiger partial charge in [-0.1, -0.05) is 39.0 Å². The first-order valence-electron chi connectivity index (χ1n) is 7.37. The molecule has 3 rings (SSSR count). The zero-order chi connectivity index (χ0) is 16.8. The minimum atomic E-state index is -0.552. The highest BCUT2D eigenvalue weighted by atomic mass is 32.1. The number of benzene rings is 1. The molecule has 0 aliphatic heterocycles. The molecule has 0 fully saturated rings. The second-order valence-corrected chi connectivity index (χ2v) is 7.59. The number of hydrogen-bond acceptors (Lipinski definition) is 3. The number of aromatic nitrogens is 1. The number of carbonyl (C=O) groups is 2. The van der Waals surface area contributed by atoms with Crippen molar-refractivity contribution in [1.29, 1.82) is 0 Å². The monoisotopic (exact) mass is 329 g/mol. The van der Waals surface area contributed by atoms with Crippen molar-refractivity contribution in [3.05, 3.63) is 35.2 Å². The van der Waals surface area contributed by atoms with Crippen LogP contribution < -0.4 is 10.9 Å². The van der Waals surface area contributed by atoms with E-state index in [1.807, 2.05) is 31.3 Å². The maximum Gasteiger partial charge on any atom is 0.279 e. The Morgan fingerprint density at radius 3 is 2.48 bits per heavy atom. The Bertz CT molecular complexity index is 915. The van der Waals surface area contributed by atoms with Crippen molar-refractivity contribution in [2.24, 2.45) is 12.5 Å². The molecule has 2 amide bonds. The summed E-state index contributed by atoms with van der Waals surface area (Å²) in [6.07, 6.45) is 0. The fourth-order valence-electron chi connectivity index (χ4n) is 2.40. The highest BCUT2D eigenvalue weighted by Crippen LogP contribution is 2.34. The van der Waals surface area contributed by atoms with E-state index >= 15 is 0 Å². The van der Waals surface area contributed by atoms with Crippen molar-refractivity contribution in [2.75, 3.05) is 0 Å². The smallest absolute Gasteiger partial charge is 0.279 e. The van der Waals surface area contributed by atoms with Crippen LogP contribution >= 0.6 is 11.3 Å². The molecule has 0 saturated heterocycles. The van der Waals surface area contributed by atoms with Crippen LogP contribution in [-0.2, 0) is 11.8 Å². The van der Waals surface area contributed by atoms with Crippen LogP contribution in [0, 0.1) is 5.41 Å². The van der Waals surface area contributed by atoms with Crippen molar-refractivity contribution in [2.45, 2.75) is 20.8 Å². The van der Waals surface area contributed by atoms with E-state index in [2.05, 4.69) is 21.5 Å². The zero-order valence-electron chi connectivity index (χ0n) is 13.6. The number of thiophene rings is 1. The molecular formula is C17H19N3O2S. The molecule has 0 bridgehead atoms. The van der Waals surface area contributed by atoms with Crippen LogP contribution in [-0.4, -0.2) is 16.4 Å². The molecule has 120 valence electrons. The van der Waals surface area contributed by atoms with Crippen LogP contribution in [0.4, 0.5) is 0 Å². The average molecular weight is 329 g/mol. The largest absolute Gasteiger partial charge is 0.335 e. The number of aryl methyl sites for hydroxylation is 1. The quantitative estimate of drug-likeness (QED) is 0.674. The van der Waals surface area contributed by atoms with Crippen molar-refractivity contribution < 1.29 is 9.59 Å². The Morgan fingerprint density at radius 1 is 1.09 bits per heavy atom. The van der Waals surface area contributed by atoms with E-state index in [1.54, 1.807) is 20.8 Å². The fraction of sp³-hybridized carbons (Fsp3) is 0.294. The number of carbonyl (C=O) groups excluding carboxylic acids is 2. The van der Waals surface area contributed by atoms with E-state index in [0.29, 0.717) is 4.88 Å². The number of rotatable bonds is 1. The highest BCUT2D eigenvalue weighted by Gasteiger charge is 2.22. The maximum atomic E-state index is 12.3. The van der Waals surface area contributed by atoms with Crippen molar-refractivity contribution >= 4 is 44.3 Å². The Hall–Kier alpha value is -2.34. The predicted molar refractivity (Wildman–Crippen MR) is 93.4 cm³/mol. The molecule has 5 nitrogen and oxygen atoms in total. The van der Waals surface area contributed by atoms with E-state index in [-0.39, 0.29) is 11.8 Å². The first-order valence-corrected chi connectivity index (χ1v) is 8.18. The molecule has 0 atom stereocenters. The first kappa shape index (κ1) is 15.6. The lowest BCUT2D eigenvalue weighted by atomic mass is 9.96. The zero-order valence-corrected chi connectivity index (χ0v) is 14.4. The average Bonchev–Trinajstić information content (AvgIpc) is 3.04. The molecule has 0 spiro atoms. The van der Waals surface area contributed by atoms with Gasteiger partial charge >= 0.3 is 0 Å². The number of amides is 2. The van der Waals surface area contributed by atoms with E-state index in [4.69, 9.17) is 0 Å². The van der Waals surface area contributed by atoms with Crippen LogP contribution in [0.15, 0.2) is 30.3 Å². The molecule has 1 aromatic carbocycles. The van der Waals surface area contributed by atoms with Crippen molar-refractivity contribution in [3.8, 4) is 0 Å². The summed E-state index contributed by atoms with van der Waals surface area (Å²) in [4.78, 5) is 25.7. The summed E-state index contributed by atoms with van der Waals surface area (Å²) >= 11 is 1.42. The van der Waals surface area contributed by atoms with Crippen molar-refractivity contribution in [3.63, 3.8) is 0 Å². The predicted octanol–water partition coefficient (Wildman–Crippen LogP) is 3.20. The van der Waals surface area contributed by atoms with Gasteiger partial charge in [0, 0.05) is 28.8 Å². The van der Waals surface area contributed by atoms with Gasteiger partial charge in [0.25, 0.3) is 5.91 Å². The second-order valence-electron chi connectivity index (χ2n) is 6.56. The number of hydrazine groups is 1. The normalized spacial score (nSPS) is 11.8. The van der Waals surface area contributed by atoms with Crippen LogP contribution in [0.25, 0.3) is 21.1 Å². The summed E-state index contributed by atoms with van der Waals surface area (Å²) in [6, 6.07) is 9.98. The summed E-state index contributed by atoms with van der Waals surface area (Å²) in [7, 11) is 1.99. The standard InChI is InChI=1S/C17H19N3O2S/c1-17(2,3)16(22)19-18-14(21)13-9-11-10-7-5-6-8-12(10)20(4)15(11)23-13/h5-9H,1-4H3,(H,18,21)(H,19,22). The third-order valence-corrected chi connectivity index (χ3v) is 4.98. The number of hydrogen-bond donors (Lipinski definition) is 2. The first-order chi connectivity index (χ1) is 10.8. The number of nitrogens with one attached hydrogen (secondary N) is 2. The summed E-state index contributed by atoms with van der Waals surface area (Å²) < 4.78 is 2.08. The Labute approximate surface area is 138 Å². The Balaban J connectivity index is 1.88. The minimum absolute atomic E-state index is 0.225. The van der Waals surface area contributed by atoms with Gasteiger partial charge in [0.1, 0.15) is 4.83 Å². The molecular weight excluding hydrogens is 310 g/mol. The van der Waals surface area contributed by atoms with Gasteiger partial charge in [-0.2, -0.15) is 0 Å². The van der Waals surface area contributed by atoms with E-state index in [1.165, 1.54) is 11.3 Å². The van der Waals surface area contributed by atoms with Gasteiger partial charge in [-0.15, -0.1) is 11.3 Å².